The van der Waals surface area contributed by atoms with Crippen molar-refractivity contribution in [2.75, 3.05) is 38.1 Å². The Labute approximate surface area is 99.1 Å². The Morgan fingerprint density at radius 2 is 1.69 bits per heavy atom. The second-order valence-corrected chi connectivity index (χ2v) is 3.98. The van der Waals surface area contributed by atoms with Gasteiger partial charge in [-0.15, -0.1) is 0 Å². The van der Waals surface area contributed by atoms with Gasteiger partial charge >= 0.3 is 0 Å². The number of anilines is 1. The van der Waals surface area contributed by atoms with Crippen LogP contribution in [0, 0.1) is 6.92 Å². The van der Waals surface area contributed by atoms with Gasteiger partial charge in [0.2, 0.25) is 0 Å². The highest BCUT2D eigenvalue weighted by molar-refractivity contribution is 5.39. The molecular formula is C13H23N3. The molecule has 2 rings (SSSR count). The van der Waals surface area contributed by atoms with Crippen molar-refractivity contribution in [3.63, 3.8) is 0 Å². The number of pyridine rings is 1. The van der Waals surface area contributed by atoms with Gasteiger partial charge in [-0.3, -0.25) is 0 Å². The first kappa shape index (κ1) is 13.0. The number of aromatic nitrogens is 1. The number of hydrogen-bond donors (Lipinski definition) is 0. The molecule has 0 N–H and O–H groups in total. The second kappa shape index (κ2) is 6.48. The van der Waals surface area contributed by atoms with Crippen molar-refractivity contribution in [1.29, 1.82) is 0 Å². The number of hydrogen-bond acceptors (Lipinski definition) is 3. The standard InChI is InChI=1S/C11H17N3.C2H6/c1-10-3-4-11(12-9-10)14-7-5-13(2)6-8-14;1-2/h3-4,9H,5-8H2,1-2H3;1-2H3. The average molecular weight is 221 g/mol. The molecule has 0 amide bonds. The van der Waals surface area contributed by atoms with E-state index in [1.807, 2.05) is 20.0 Å². The van der Waals surface area contributed by atoms with Crippen molar-refractivity contribution in [1.82, 2.24) is 9.88 Å². The number of rotatable bonds is 1. The van der Waals surface area contributed by atoms with Gasteiger partial charge < -0.3 is 9.80 Å². The van der Waals surface area contributed by atoms with E-state index in [0.717, 1.165) is 32.0 Å². The van der Waals surface area contributed by atoms with Gasteiger partial charge in [0, 0.05) is 32.4 Å². The van der Waals surface area contributed by atoms with Gasteiger partial charge in [-0.1, -0.05) is 19.9 Å². The second-order valence-electron chi connectivity index (χ2n) is 3.98. The van der Waals surface area contributed by atoms with Crippen LogP contribution in [0.3, 0.4) is 0 Å². The normalized spacial score (nSPS) is 16.6. The summed E-state index contributed by atoms with van der Waals surface area (Å²) >= 11 is 0. The van der Waals surface area contributed by atoms with E-state index >= 15 is 0 Å². The highest BCUT2D eigenvalue weighted by Gasteiger charge is 2.14. The fraction of sp³-hybridized carbons (Fsp3) is 0.615. The molecule has 0 saturated carbocycles. The van der Waals surface area contributed by atoms with E-state index in [2.05, 4.69) is 40.9 Å². The largest absolute Gasteiger partial charge is 0.354 e. The average Bonchev–Trinajstić information content (AvgIpc) is 2.34. The minimum absolute atomic E-state index is 1.09. The molecule has 1 aromatic rings. The van der Waals surface area contributed by atoms with Gasteiger partial charge in [0.1, 0.15) is 5.82 Å². The maximum atomic E-state index is 4.43. The molecule has 2 heterocycles. The molecule has 90 valence electrons. The molecule has 3 nitrogen and oxygen atoms in total. The monoisotopic (exact) mass is 221 g/mol. The van der Waals surface area contributed by atoms with Crippen molar-refractivity contribution < 1.29 is 0 Å². The topological polar surface area (TPSA) is 19.4 Å². The Morgan fingerprint density at radius 3 is 2.19 bits per heavy atom. The number of piperazine rings is 1. The van der Waals surface area contributed by atoms with Crippen LogP contribution in [-0.4, -0.2) is 43.1 Å². The molecule has 3 heteroatoms. The van der Waals surface area contributed by atoms with Crippen molar-refractivity contribution in [3.05, 3.63) is 23.9 Å². The predicted molar refractivity (Wildman–Crippen MR) is 70.0 cm³/mol. The van der Waals surface area contributed by atoms with Gasteiger partial charge in [0.05, 0.1) is 0 Å². The molecule has 0 unspecified atom stereocenters. The summed E-state index contributed by atoms with van der Waals surface area (Å²) in [5.74, 6) is 1.11. The summed E-state index contributed by atoms with van der Waals surface area (Å²) in [4.78, 5) is 9.13. The summed E-state index contributed by atoms with van der Waals surface area (Å²) in [6.07, 6.45) is 1.94. The number of nitrogens with zero attached hydrogens (tertiary/aromatic N) is 3. The molecule has 0 atom stereocenters. The van der Waals surface area contributed by atoms with Crippen LogP contribution in [0.25, 0.3) is 0 Å². The molecule has 0 bridgehead atoms. The van der Waals surface area contributed by atoms with Gasteiger partial charge in [-0.2, -0.15) is 0 Å². The Kier molecular flexibility index (Phi) is 5.26. The molecular weight excluding hydrogens is 198 g/mol. The van der Waals surface area contributed by atoms with Crippen LogP contribution in [0.1, 0.15) is 19.4 Å². The van der Waals surface area contributed by atoms with E-state index in [0.29, 0.717) is 0 Å². The van der Waals surface area contributed by atoms with E-state index in [9.17, 15) is 0 Å². The summed E-state index contributed by atoms with van der Waals surface area (Å²) in [6, 6.07) is 4.24. The Hall–Kier alpha value is -1.09. The van der Waals surface area contributed by atoms with Crippen molar-refractivity contribution in [3.8, 4) is 0 Å². The minimum atomic E-state index is 1.09. The minimum Gasteiger partial charge on any atom is -0.354 e. The van der Waals surface area contributed by atoms with Crippen molar-refractivity contribution in [2.24, 2.45) is 0 Å². The van der Waals surface area contributed by atoms with Crippen LogP contribution in [0.2, 0.25) is 0 Å². The van der Waals surface area contributed by atoms with Crippen molar-refractivity contribution >= 4 is 5.82 Å². The molecule has 1 fully saturated rings. The van der Waals surface area contributed by atoms with Gasteiger partial charge in [0.15, 0.2) is 0 Å². The summed E-state index contributed by atoms with van der Waals surface area (Å²) in [5, 5.41) is 0. The van der Waals surface area contributed by atoms with Crippen LogP contribution in [0.15, 0.2) is 18.3 Å². The zero-order chi connectivity index (χ0) is 12.0. The maximum absolute atomic E-state index is 4.43. The van der Waals surface area contributed by atoms with Crippen LogP contribution in [0.4, 0.5) is 5.82 Å². The van der Waals surface area contributed by atoms with Crippen molar-refractivity contribution in [2.45, 2.75) is 20.8 Å². The Balaban J connectivity index is 0.000000606. The summed E-state index contributed by atoms with van der Waals surface area (Å²) < 4.78 is 0. The third-order valence-electron chi connectivity index (χ3n) is 2.72. The molecule has 16 heavy (non-hydrogen) atoms. The van der Waals surface area contributed by atoms with Gasteiger partial charge in [-0.05, 0) is 25.6 Å². The first-order valence-electron chi connectivity index (χ1n) is 6.12. The van der Waals surface area contributed by atoms with E-state index in [1.54, 1.807) is 0 Å². The lowest BCUT2D eigenvalue weighted by Gasteiger charge is -2.33. The first-order valence-corrected chi connectivity index (χ1v) is 6.12. The molecule has 0 radical (unpaired) electrons. The smallest absolute Gasteiger partial charge is 0.128 e. The molecule has 1 aliphatic rings. The van der Waals surface area contributed by atoms with Crippen LogP contribution in [-0.2, 0) is 0 Å². The maximum Gasteiger partial charge on any atom is 0.128 e. The summed E-state index contributed by atoms with van der Waals surface area (Å²) in [7, 11) is 2.17. The lowest BCUT2D eigenvalue weighted by atomic mass is 10.3. The quantitative estimate of drug-likeness (QED) is 0.724. The van der Waals surface area contributed by atoms with Gasteiger partial charge in [-0.25, -0.2) is 4.98 Å². The lowest BCUT2D eigenvalue weighted by Crippen LogP contribution is -2.44. The number of aryl methyl sites for hydroxylation is 1. The van der Waals surface area contributed by atoms with E-state index in [-0.39, 0.29) is 0 Å². The molecule has 1 saturated heterocycles. The van der Waals surface area contributed by atoms with Crippen LogP contribution < -0.4 is 4.90 Å². The van der Waals surface area contributed by atoms with E-state index in [4.69, 9.17) is 0 Å². The molecule has 0 aliphatic carbocycles. The Morgan fingerprint density at radius 1 is 1.06 bits per heavy atom. The molecule has 0 spiro atoms. The highest BCUT2D eigenvalue weighted by Crippen LogP contribution is 2.12. The molecule has 1 aliphatic heterocycles. The van der Waals surface area contributed by atoms with Crippen LogP contribution in [0.5, 0.6) is 0 Å². The first-order chi connectivity index (χ1) is 7.75. The van der Waals surface area contributed by atoms with E-state index < -0.39 is 0 Å². The highest BCUT2D eigenvalue weighted by atomic mass is 15.3. The third-order valence-corrected chi connectivity index (χ3v) is 2.72. The zero-order valence-electron chi connectivity index (χ0n) is 10.9. The predicted octanol–water partition coefficient (Wildman–Crippen LogP) is 2.17. The summed E-state index contributed by atoms with van der Waals surface area (Å²) in [6.45, 7) is 10.5. The zero-order valence-corrected chi connectivity index (χ0v) is 10.9. The third kappa shape index (κ3) is 3.49. The fourth-order valence-corrected chi connectivity index (χ4v) is 1.68. The fourth-order valence-electron chi connectivity index (χ4n) is 1.68. The Bertz CT molecular complexity index is 287. The SMILES string of the molecule is CC.Cc1ccc(N2CCN(C)CC2)nc1. The van der Waals surface area contributed by atoms with E-state index in [1.165, 1.54) is 5.56 Å². The van der Waals surface area contributed by atoms with Crippen LogP contribution >= 0.6 is 0 Å². The molecule has 0 aromatic carbocycles. The number of likely N-dealkylation sites (N-methyl/N-ethyl adjacent to an activating group) is 1. The summed E-state index contributed by atoms with van der Waals surface area (Å²) in [5.41, 5.74) is 1.22. The molecule has 1 aromatic heterocycles. The lowest BCUT2D eigenvalue weighted by molar-refractivity contribution is 0.312. The van der Waals surface area contributed by atoms with Gasteiger partial charge in [0.25, 0.3) is 0 Å².